The molecule has 0 heterocycles. The minimum atomic E-state index is -0.589. The Kier molecular flexibility index (Phi) is 10.5. The number of carbonyl (C=O) groups is 3. The number of benzene rings is 3. The summed E-state index contributed by atoms with van der Waals surface area (Å²) >= 11 is 0. The van der Waals surface area contributed by atoms with Crippen molar-refractivity contribution in [1.82, 2.24) is 0 Å². The molecule has 0 unspecified atom stereocenters. The SMILES string of the molecule is C=CC(=O)OCCc1ccc(OC(=O)/C=C/c2ccc(-c3ccc(OC(=O)C=C)cc3)c(F)c2)c(CCC)c1. The van der Waals surface area contributed by atoms with Crippen LogP contribution in [0.4, 0.5) is 4.39 Å². The van der Waals surface area contributed by atoms with E-state index in [0.717, 1.165) is 29.7 Å². The summed E-state index contributed by atoms with van der Waals surface area (Å²) in [6.45, 7) is 8.96. The number of rotatable bonds is 12. The minimum absolute atomic E-state index is 0.226. The van der Waals surface area contributed by atoms with E-state index in [2.05, 4.69) is 13.2 Å². The van der Waals surface area contributed by atoms with E-state index in [0.29, 0.717) is 41.0 Å². The van der Waals surface area contributed by atoms with E-state index in [1.165, 1.54) is 18.2 Å². The molecular weight excluding hydrogens is 499 g/mol. The molecule has 39 heavy (non-hydrogen) atoms. The predicted molar refractivity (Wildman–Crippen MR) is 148 cm³/mol. The van der Waals surface area contributed by atoms with Crippen LogP contribution in [0.1, 0.15) is 30.0 Å². The van der Waals surface area contributed by atoms with Crippen LogP contribution in [0.2, 0.25) is 0 Å². The topological polar surface area (TPSA) is 78.9 Å². The van der Waals surface area contributed by atoms with Gasteiger partial charge in [-0.05, 0) is 59.0 Å². The molecule has 0 radical (unpaired) electrons. The molecular formula is C32H29FO6. The zero-order valence-electron chi connectivity index (χ0n) is 21.7. The molecule has 0 N–H and O–H groups in total. The van der Waals surface area contributed by atoms with E-state index in [-0.39, 0.29) is 6.61 Å². The molecule has 0 saturated heterocycles. The fraction of sp³-hybridized carbons (Fsp3) is 0.156. The lowest BCUT2D eigenvalue weighted by molar-refractivity contribution is -0.137. The van der Waals surface area contributed by atoms with Crippen LogP contribution < -0.4 is 9.47 Å². The van der Waals surface area contributed by atoms with Crippen molar-refractivity contribution in [3.63, 3.8) is 0 Å². The fourth-order valence-corrected chi connectivity index (χ4v) is 3.72. The van der Waals surface area contributed by atoms with Crippen molar-refractivity contribution in [2.45, 2.75) is 26.2 Å². The van der Waals surface area contributed by atoms with Gasteiger partial charge >= 0.3 is 17.9 Å². The van der Waals surface area contributed by atoms with Crippen LogP contribution in [0.25, 0.3) is 17.2 Å². The lowest BCUT2D eigenvalue weighted by Crippen LogP contribution is -2.07. The van der Waals surface area contributed by atoms with Gasteiger partial charge in [-0.15, -0.1) is 0 Å². The van der Waals surface area contributed by atoms with Gasteiger partial charge in [0.2, 0.25) is 0 Å². The summed E-state index contributed by atoms with van der Waals surface area (Å²) in [5.74, 6) is -1.34. The maximum atomic E-state index is 14.8. The zero-order valence-corrected chi connectivity index (χ0v) is 21.7. The molecule has 0 aliphatic rings. The standard InChI is InChI=1S/C32H29FO6/c1-4-7-25-20-23(18-19-37-30(34)5-2)9-16-29(25)39-32(36)17-10-22-8-15-27(28(33)21-22)24-11-13-26(14-12-24)38-31(35)6-3/h5-6,8-17,20-21H,2-4,7,18-19H2,1H3/b17-10+. The van der Waals surface area contributed by atoms with Gasteiger partial charge in [-0.3, -0.25) is 0 Å². The van der Waals surface area contributed by atoms with Crippen molar-refractivity contribution < 1.29 is 33.0 Å². The van der Waals surface area contributed by atoms with Crippen molar-refractivity contribution in [2.24, 2.45) is 0 Å². The summed E-state index contributed by atoms with van der Waals surface area (Å²) in [5, 5.41) is 0. The number of hydrogen-bond acceptors (Lipinski definition) is 6. The zero-order chi connectivity index (χ0) is 28.2. The quantitative estimate of drug-likeness (QED) is 0.153. The third kappa shape index (κ3) is 8.64. The van der Waals surface area contributed by atoms with Crippen molar-refractivity contribution in [3.05, 3.63) is 115 Å². The first-order valence-electron chi connectivity index (χ1n) is 12.4. The Hall–Kier alpha value is -4.78. The Labute approximate surface area is 227 Å². The van der Waals surface area contributed by atoms with Gasteiger partial charge in [-0.25, -0.2) is 18.8 Å². The van der Waals surface area contributed by atoms with Gasteiger partial charge in [0, 0.05) is 30.2 Å². The molecule has 0 fully saturated rings. The molecule has 6 nitrogen and oxygen atoms in total. The summed E-state index contributed by atoms with van der Waals surface area (Å²) in [6.07, 6.45) is 6.99. The molecule has 7 heteroatoms. The van der Waals surface area contributed by atoms with Gasteiger partial charge in [-0.1, -0.05) is 62.9 Å². The van der Waals surface area contributed by atoms with Gasteiger partial charge in [-0.2, -0.15) is 0 Å². The van der Waals surface area contributed by atoms with Crippen molar-refractivity contribution in [1.29, 1.82) is 0 Å². The molecule has 0 aliphatic carbocycles. The second kappa shape index (κ2) is 14.2. The number of aryl methyl sites for hydroxylation is 1. The predicted octanol–water partition coefficient (Wildman–Crippen LogP) is 6.43. The molecule has 0 bridgehead atoms. The van der Waals surface area contributed by atoms with Crippen molar-refractivity contribution in [2.75, 3.05) is 6.61 Å². The van der Waals surface area contributed by atoms with Gasteiger partial charge in [0.1, 0.15) is 17.3 Å². The smallest absolute Gasteiger partial charge is 0.336 e. The lowest BCUT2D eigenvalue weighted by Gasteiger charge is -2.11. The first-order valence-corrected chi connectivity index (χ1v) is 12.4. The van der Waals surface area contributed by atoms with E-state index < -0.39 is 23.7 Å². The monoisotopic (exact) mass is 528 g/mol. The Morgan fingerprint density at radius 3 is 2.26 bits per heavy atom. The highest BCUT2D eigenvalue weighted by Crippen LogP contribution is 2.27. The Bertz CT molecular complexity index is 1390. The van der Waals surface area contributed by atoms with Gasteiger partial charge in [0.15, 0.2) is 0 Å². The molecule has 3 rings (SSSR count). The molecule has 3 aromatic carbocycles. The van der Waals surface area contributed by atoms with E-state index in [1.54, 1.807) is 42.5 Å². The summed E-state index contributed by atoms with van der Waals surface area (Å²) in [5.41, 5.74) is 3.27. The van der Waals surface area contributed by atoms with Crippen LogP contribution >= 0.6 is 0 Å². The summed E-state index contributed by atoms with van der Waals surface area (Å²) < 4.78 is 30.4. The number of hydrogen-bond donors (Lipinski definition) is 0. The van der Waals surface area contributed by atoms with Crippen molar-refractivity contribution >= 4 is 24.0 Å². The van der Waals surface area contributed by atoms with Crippen LogP contribution in [0.5, 0.6) is 11.5 Å². The second-order valence-corrected chi connectivity index (χ2v) is 8.46. The maximum Gasteiger partial charge on any atom is 0.336 e. The summed E-state index contributed by atoms with van der Waals surface area (Å²) in [6, 6.07) is 16.5. The largest absolute Gasteiger partial charge is 0.462 e. The van der Waals surface area contributed by atoms with E-state index in [4.69, 9.17) is 14.2 Å². The average Bonchev–Trinajstić information content (AvgIpc) is 2.93. The third-order valence-corrected chi connectivity index (χ3v) is 5.61. The highest BCUT2D eigenvalue weighted by atomic mass is 19.1. The molecule has 0 saturated carbocycles. The molecule has 0 atom stereocenters. The Morgan fingerprint density at radius 1 is 0.846 bits per heavy atom. The number of ether oxygens (including phenoxy) is 3. The highest BCUT2D eigenvalue weighted by molar-refractivity contribution is 5.89. The number of carbonyl (C=O) groups excluding carboxylic acids is 3. The number of halogens is 1. The van der Waals surface area contributed by atoms with Crippen LogP contribution in [0, 0.1) is 5.82 Å². The minimum Gasteiger partial charge on any atom is -0.462 e. The lowest BCUT2D eigenvalue weighted by atomic mass is 10.0. The first kappa shape index (κ1) is 28.8. The number of esters is 3. The van der Waals surface area contributed by atoms with E-state index in [9.17, 15) is 18.8 Å². The first-order chi connectivity index (χ1) is 18.8. The van der Waals surface area contributed by atoms with Crippen molar-refractivity contribution in [3.8, 4) is 22.6 Å². The molecule has 0 aliphatic heterocycles. The average molecular weight is 529 g/mol. The molecule has 0 spiro atoms. The molecule has 0 aromatic heterocycles. The highest BCUT2D eigenvalue weighted by Gasteiger charge is 2.10. The normalized spacial score (nSPS) is 10.6. The summed E-state index contributed by atoms with van der Waals surface area (Å²) in [4.78, 5) is 35.0. The maximum absolute atomic E-state index is 14.8. The van der Waals surface area contributed by atoms with E-state index in [1.807, 2.05) is 19.1 Å². The van der Waals surface area contributed by atoms with Gasteiger partial charge < -0.3 is 14.2 Å². The molecule has 200 valence electrons. The van der Waals surface area contributed by atoms with Gasteiger partial charge in [0.05, 0.1) is 6.61 Å². The Balaban J connectivity index is 1.65. The van der Waals surface area contributed by atoms with E-state index >= 15 is 0 Å². The van der Waals surface area contributed by atoms with Crippen LogP contribution in [-0.2, 0) is 32.0 Å². The van der Waals surface area contributed by atoms with Gasteiger partial charge in [0.25, 0.3) is 0 Å². The Morgan fingerprint density at radius 2 is 1.59 bits per heavy atom. The van der Waals surface area contributed by atoms with Crippen LogP contribution in [0.15, 0.2) is 92.0 Å². The second-order valence-electron chi connectivity index (χ2n) is 8.46. The molecule has 0 amide bonds. The third-order valence-electron chi connectivity index (χ3n) is 5.61. The molecule has 3 aromatic rings. The van der Waals surface area contributed by atoms with Crippen LogP contribution in [-0.4, -0.2) is 24.5 Å². The van der Waals surface area contributed by atoms with Crippen LogP contribution in [0.3, 0.4) is 0 Å². The summed E-state index contributed by atoms with van der Waals surface area (Å²) in [7, 11) is 0. The fourth-order valence-electron chi connectivity index (χ4n) is 3.72.